The molecule has 2 aromatic carbocycles. The van der Waals surface area contributed by atoms with Gasteiger partial charge in [-0.3, -0.25) is 4.79 Å². The predicted octanol–water partition coefficient (Wildman–Crippen LogP) is 4.12. The summed E-state index contributed by atoms with van der Waals surface area (Å²) in [6.45, 7) is 5.18. The van der Waals surface area contributed by atoms with Gasteiger partial charge in [-0.25, -0.2) is 8.78 Å². The Balaban J connectivity index is 2.53. The van der Waals surface area contributed by atoms with E-state index >= 15 is 0 Å². The molecule has 98 valence electrons. The molecule has 0 heterocycles. The minimum atomic E-state index is -1.08. The van der Waals surface area contributed by atoms with Crippen LogP contribution in [0.5, 0.6) is 0 Å². The van der Waals surface area contributed by atoms with Gasteiger partial charge in [0.25, 0.3) is 0 Å². The molecule has 0 spiro atoms. The molecule has 0 saturated heterocycles. The average molecular weight is 260 g/mol. The van der Waals surface area contributed by atoms with E-state index in [9.17, 15) is 13.6 Å². The summed E-state index contributed by atoms with van der Waals surface area (Å²) in [6.07, 6.45) is 0. The van der Waals surface area contributed by atoms with Gasteiger partial charge in [-0.1, -0.05) is 23.3 Å². The molecule has 0 amide bonds. The van der Waals surface area contributed by atoms with Gasteiger partial charge in [0, 0.05) is 5.56 Å². The summed E-state index contributed by atoms with van der Waals surface area (Å²) in [5.41, 5.74) is 2.16. The maximum absolute atomic E-state index is 13.8. The Kier molecular flexibility index (Phi) is 3.47. The van der Waals surface area contributed by atoms with Gasteiger partial charge in [0.15, 0.2) is 17.4 Å². The zero-order valence-corrected chi connectivity index (χ0v) is 11.1. The first-order valence-electron chi connectivity index (χ1n) is 5.97. The van der Waals surface area contributed by atoms with Crippen molar-refractivity contribution in [2.75, 3.05) is 0 Å². The standard InChI is InChI=1S/C16H14F2O/c1-9-6-10(2)8-12(7-9)16(19)13-5-4-11(3)14(17)15(13)18/h4-8H,1-3H3. The third-order valence-corrected chi connectivity index (χ3v) is 3.00. The van der Waals surface area contributed by atoms with E-state index in [0.717, 1.165) is 11.1 Å². The van der Waals surface area contributed by atoms with Crippen molar-refractivity contribution in [3.8, 4) is 0 Å². The molecule has 2 rings (SSSR count). The molecular formula is C16H14F2O. The normalized spacial score (nSPS) is 10.6. The molecule has 3 heteroatoms. The molecule has 0 radical (unpaired) electrons. The second kappa shape index (κ2) is 4.92. The molecule has 0 aliphatic heterocycles. The molecule has 0 fully saturated rings. The van der Waals surface area contributed by atoms with E-state index in [1.165, 1.54) is 19.1 Å². The van der Waals surface area contributed by atoms with Crippen molar-refractivity contribution in [1.29, 1.82) is 0 Å². The highest BCUT2D eigenvalue weighted by molar-refractivity contribution is 6.09. The Hall–Kier alpha value is -2.03. The lowest BCUT2D eigenvalue weighted by molar-refractivity contribution is 0.103. The van der Waals surface area contributed by atoms with Crippen LogP contribution in [0.2, 0.25) is 0 Å². The Morgan fingerprint density at radius 2 is 1.47 bits per heavy atom. The number of halogens is 2. The Bertz CT molecular complexity index is 640. The third kappa shape index (κ3) is 2.55. The zero-order valence-electron chi connectivity index (χ0n) is 11.1. The van der Waals surface area contributed by atoms with Crippen LogP contribution >= 0.6 is 0 Å². The molecule has 0 N–H and O–H groups in total. The van der Waals surface area contributed by atoms with Crippen LogP contribution < -0.4 is 0 Å². The van der Waals surface area contributed by atoms with Crippen molar-refractivity contribution >= 4 is 5.78 Å². The first kappa shape index (κ1) is 13.4. The highest BCUT2D eigenvalue weighted by Crippen LogP contribution is 2.20. The second-order valence-electron chi connectivity index (χ2n) is 4.76. The van der Waals surface area contributed by atoms with Crippen molar-refractivity contribution in [1.82, 2.24) is 0 Å². The quantitative estimate of drug-likeness (QED) is 0.742. The lowest BCUT2D eigenvalue weighted by Crippen LogP contribution is -2.07. The number of hydrogen-bond donors (Lipinski definition) is 0. The van der Waals surface area contributed by atoms with Gasteiger partial charge in [-0.05, 0) is 44.5 Å². The van der Waals surface area contributed by atoms with Crippen LogP contribution in [-0.4, -0.2) is 5.78 Å². The lowest BCUT2D eigenvalue weighted by Gasteiger charge is -2.07. The molecule has 19 heavy (non-hydrogen) atoms. The van der Waals surface area contributed by atoms with Gasteiger partial charge in [0.2, 0.25) is 0 Å². The van der Waals surface area contributed by atoms with E-state index < -0.39 is 17.4 Å². The Labute approximate surface area is 110 Å². The van der Waals surface area contributed by atoms with Crippen LogP contribution in [0.25, 0.3) is 0 Å². The molecule has 0 aliphatic rings. The number of hydrogen-bond acceptors (Lipinski definition) is 1. The summed E-state index contributed by atoms with van der Waals surface area (Å²) in [5, 5.41) is 0. The molecule has 1 nitrogen and oxygen atoms in total. The van der Waals surface area contributed by atoms with E-state index in [-0.39, 0.29) is 11.1 Å². The molecule has 0 aliphatic carbocycles. The number of rotatable bonds is 2. The Morgan fingerprint density at radius 1 is 0.895 bits per heavy atom. The van der Waals surface area contributed by atoms with Crippen LogP contribution in [0.4, 0.5) is 8.78 Å². The van der Waals surface area contributed by atoms with Crippen LogP contribution in [-0.2, 0) is 0 Å². The van der Waals surface area contributed by atoms with E-state index in [1.54, 1.807) is 12.1 Å². The van der Waals surface area contributed by atoms with Crippen molar-refractivity contribution < 1.29 is 13.6 Å². The van der Waals surface area contributed by atoms with Crippen molar-refractivity contribution in [3.63, 3.8) is 0 Å². The summed E-state index contributed by atoms with van der Waals surface area (Å²) in [6, 6.07) is 8.00. The topological polar surface area (TPSA) is 17.1 Å². The van der Waals surface area contributed by atoms with Crippen LogP contribution in [0, 0.1) is 32.4 Å². The first-order valence-corrected chi connectivity index (χ1v) is 5.97. The Morgan fingerprint density at radius 3 is 2.05 bits per heavy atom. The number of carbonyl (C=O) groups is 1. The highest BCUT2D eigenvalue weighted by Gasteiger charge is 2.18. The summed E-state index contributed by atoms with van der Waals surface area (Å²) in [7, 11) is 0. The maximum Gasteiger partial charge on any atom is 0.196 e. The van der Waals surface area contributed by atoms with Gasteiger partial charge in [0.1, 0.15) is 0 Å². The molecule has 0 unspecified atom stereocenters. The maximum atomic E-state index is 13.8. The summed E-state index contributed by atoms with van der Waals surface area (Å²) < 4.78 is 27.3. The fraction of sp³-hybridized carbons (Fsp3) is 0.188. The van der Waals surface area contributed by atoms with Gasteiger partial charge in [-0.15, -0.1) is 0 Å². The monoisotopic (exact) mass is 260 g/mol. The minimum absolute atomic E-state index is 0.189. The second-order valence-corrected chi connectivity index (χ2v) is 4.76. The van der Waals surface area contributed by atoms with Crippen LogP contribution in [0.15, 0.2) is 30.3 Å². The van der Waals surface area contributed by atoms with Crippen molar-refractivity contribution in [2.24, 2.45) is 0 Å². The van der Waals surface area contributed by atoms with Crippen LogP contribution in [0.3, 0.4) is 0 Å². The minimum Gasteiger partial charge on any atom is -0.288 e. The average Bonchev–Trinajstić information content (AvgIpc) is 2.34. The van der Waals surface area contributed by atoms with Gasteiger partial charge in [0.05, 0.1) is 5.56 Å². The first-order chi connectivity index (χ1) is 8.90. The molecular weight excluding hydrogens is 246 g/mol. The number of benzene rings is 2. The lowest BCUT2D eigenvalue weighted by atomic mass is 9.98. The SMILES string of the molecule is Cc1cc(C)cc(C(=O)c2ccc(C)c(F)c2F)c1. The smallest absolute Gasteiger partial charge is 0.196 e. The molecule has 0 saturated carbocycles. The highest BCUT2D eigenvalue weighted by atomic mass is 19.2. The largest absolute Gasteiger partial charge is 0.288 e. The van der Waals surface area contributed by atoms with Gasteiger partial charge in [-0.2, -0.15) is 0 Å². The van der Waals surface area contributed by atoms with E-state index in [4.69, 9.17) is 0 Å². The third-order valence-electron chi connectivity index (χ3n) is 3.00. The van der Waals surface area contributed by atoms with Crippen molar-refractivity contribution in [2.45, 2.75) is 20.8 Å². The van der Waals surface area contributed by atoms with E-state index in [1.807, 2.05) is 19.9 Å². The van der Waals surface area contributed by atoms with Gasteiger partial charge < -0.3 is 0 Å². The molecule has 2 aromatic rings. The molecule has 0 atom stereocenters. The van der Waals surface area contributed by atoms with E-state index in [2.05, 4.69) is 0 Å². The zero-order chi connectivity index (χ0) is 14.2. The number of aryl methyl sites for hydroxylation is 3. The fourth-order valence-electron chi connectivity index (χ4n) is 2.08. The van der Waals surface area contributed by atoms with Crippen LogP contribution in [0.1, 0.15) is 32.6 Å². The number of ketones is 1. The fourth-order valence-corrected chi connectivity index (χ4v) is 2.08. The summed E-state index contributed by atoms with van der Waals surface area (Å²) >= 11 is 0. The molecule has 0 bridgehead atoms. The predicted molar refractivity (Wildman–Crippen MR) is 70.4 cm³/mol. The summed E-state index contributed by atoms with van der Waals surface area (Å²) in [4.78, 5) is 12.2. The van der Waals surface area contributed by atoms with E-state index in [0.29, 0.717) is 5.56 Å². The molecule has 0 aromatic heterocycles. The van der Waals surface area contributed by atoms with Gasteiger partial charge >= 0.3 is 0 Å². The summed E-state index contributed by atoms with van der Waals surface area (Å²) in [5.74, 6) is -2.54. The number of carbonyl (C=O) groups excluding carboxylic acids is 1. The van der Waals surface area contributed by atoms with Crippen molar-refractivity contribution in [3.05, 3.63) is 69.8 Å².